The lowest BCUT2D eigenvalue weighted by Gasteiger charge is -2.23. The molecule has 0 saturated heterocycles. The van der Waals surface area contributed by atoms with Gasteiger partial charge in [-0.2, -0.15) is 0 Å². The number of hydrogen-bond donors (Lipinski definition) is 0. The van der Waals surface area contributed by atoms with E-state index < -0.39 is 0 Å². The summed E-state index contributed by atoms with van der Waals surface area (Å²) in [5, 5.41) is 0. The Bertz CT molecular complexity index is 367. The first-order valence-corrected chi connectivity index (χ1v) is 7.30. The van der Waals surface area contributed by atoms with Gasteiger partial charge in [-0.25, -0.2) is 0 Å². The molecule has 0 radical (unpaired) electrons. The quantitative estimate of drug-likeness (QED) is 0.489. The maximum atomic E-state index is 2.33. The molecule has 0 nitrogen and oxygen atoms in total. The lowest BCUT2D eigenvalue weighted by Crippen LogP contribution is -2.13. The molecule has 0 saturated carbocycles. The molecule has 1 aromatic carbocycles. The Morgan fingerprint density at radius 1 is 0.529 bits per heavy atom. The van der Waals surface area contributed by atoms with Gasteiger partial charge in [0, 0.05) is 0 Å². The second-order valence-electron chi connectivity index (χ2n) is 4.79. The highest BCUT2D eigenvalue weighted by atomic mass is 14.2. The lowest BCUT2D eigenvalue weighted by molar-refractivity contribution is 1.07. The van der Waals surface area contributed by atoms with Crippen molar-refractivity contribution in [1.82, 2.24) is 0 Å². The minimum atomic E-state index is 1.18. The van der Waals surface area contributed by atoms with Crippen LogP contribution in [0.2, 0.25) is 0 Å². The van der Waals surface area contributed by atoms with Crippen molar-refractivity contribution in [2.45, 2.75) is 38.5 Å². The van der Waals surface area contributed by atoms with Crippen molar-refractivity contribution in [3.63, 3.8) is 0 Å². The zero-order chi connectivity index (χ0) is 13.0. The third-order valence-electron chi connectivity index (χ3n) is 4.13. The van der Waals surface area contributed by atoms with E-state index in [0.717, 1.165) is 0 Å². The average molecular weight is 221 g/mol. The summed E-state index contributed by atoms with van der Waals surface area (Å²) in [5.74, 6) is 0. The molecule has 86 valence electrons. The Hall–Kier alpha value is -0.455. The normalized spacial score (nSPS) is 10.6. The van der Waals surface area contributed by atoms with E-state index >= 15 is 0 Å². The van der Waals surface area contributed by atoms with Crippen LogP contribution in [0.5, 0.6) is 0 Å². The van der Waals surface area contributed by atoms with Crippen LogP contribution in [0.1, 0.15) is 33.4 Å². The van der Waals surface area contributed by atoms with Crippen LogP contribution in [0, 0.1) is 6.92 Å². The molecular weight excluding hydrogens is 198 g/mol. The summed E-state index contributed by atoms with van der Waals surface area (Å²) in [5.41, 5.74) is 9.75. The van der Waals surface area contributed by atoms with Gasteiger partial charge in [0.05, 0.1) is 0 Å². The SMILES string of the molecule is BCc1c(C)c(CB)c(CB)c(CB)c1CB. The van der Waals surface area contributed by atoms with Crippen LogP contribution < -0.4 is 0 Å². The first-order chi connectivity index (χ1) is 8.15. The molecule has 0 spiro atoms. The Kier molecular flexibility index (Phi) is 5.56. The minimum Gasteiger partial charge on any atom is -0.0561 e. The lowest BCUT2D eigenvalue weighted by atomic mass is 9.71. The second-order valence-corrected chi connectivity index (χ2v) is 4.79. The Labute approximate surface area is 111 Å². The zero-order valence-electron chi connectivity index (χ0n) is 12.5. The first kappa shape index (κ1) is 14.6. The molecule has 0 aliphatic rings. The first-order valence-electron chi connectivity index (χ1n) is 7.30. The van der Waals surface area contributed by atoms with Crippen molar-refractivity contribution in [1.29, 1.82) is 0 Å². The summed E-state index contributed by atoms with van der Waals surface area (Å²) in [4.78, 5) is 0. The summed E-state index contributed by atoms with van der Waals surface area (Å²) in [6.07, 6.45) is 5.92. The van der Waals surface area contributed by atoms with Crippen LogP contribution >= 0.6 is 0 Å². The number of hydrogen-bond acceptors (Lipinski definition) is 0. The smallest absolute Gasteiger partial charge is 0.0561 e. The zero-order valence-corrected chi connectivity index (χ0v) is 12.5. The summed E-state index contributed by atoms with van der Waals surface area (Å²) in [6.45, 7) is 2.33. The van der Waals surface area contributed by atoms with Crippen LogP contribution in [0.25, 0.3) is 0 Å². The molecule has 1 rings (SSSR count). The molecule has 0 unspecified atom stereocenters. The summed E-state index contributed by atoms with van der Waals surface area (Å²) in [7, 11) is 11.5. The van der Waals surface area contributed by atoms with Gasteiger partial charge in [0.15, 0.2) is 0 Å². The molecule has 17 heavy (non-hydrogen) atoms. The Morgan fingerprint density at radius 2 is 0.765 bits per heavy atom. The standard InChI is InChI=1S/C12H23B5/c1-7-8(2-13)10(4-15)12(6-17)11(5-16)9(7)3-14/h2-6,13-17H2,1H3. The van der Waals surface area contributed by atoms with E-state index in [1.165, 1.54) is 31.6 Å². The molecular formula is C12H23B5. The molecule has 5 heteroatoms. The van der Waals surface area contributed by atoms with Gasteiger partial charge in [-0.3, -0.25) is 0 Å². The van der Waals surface area contributed by atoms with Crippen LogP contribution in [0.4, 0.5) is 0 Å². The van der Waals surface area contributed by atoms with Gasteiger partial charge in [0.1, 0.15) is 39.2 Å². The van der Waals surface area contributed by atoms with Gasteiger partial charge in [-0.05, 0) is 23.6 Å². The molecule has 0 amide bonds. The number of rotatable bonds is 5. The molecule has 0 atom stereocenters. The van der Waals surface area contributed by atoms with Crippen molar-refractivity contribution in [2.75, 3.05) is 0 Å². The predicted molar refractivity (Wildman–Crippen MR) is 92.4 cm³/mol. The third kappa shape index (κ3) is 2.53. The molecule has 0 bridgehead atoms. The maximum Gasteiger partial charge on any atom is 0.107 e. The van der Waals surface area contributed by atoms with Crippen LogP contribution in [-0.2, 0) is 31.6 Å². The summed E-state index contributed by atoms with van der Waals surface area (Å²) < 4.78 is 0. The van der Waals surface area contributed by atoms with E-state index in [1.54, 1.807) is 33.4 Å². The predicted octanol–water partition coefficient (Wildman–Crippen LogP) is -2.34. The highest BCUT2D eigenvalue weighted by molar-refractivity contribution is 6.13. The van der Waals surface area contributed by atoms with Crippen molar-refractivity contribution in [3.8, 4) is 0 Å². The van der Waals surface area contributed by atoms with Crippen LogP contribution in [-0.4, -0.2) is 39.2 Å². The fourth-order valence-corrected chi connectivity index (χ4v) is 3.42. The summed E-state index contributed by atoms with van der Waals surface area (Å²) >= 11 is 0. The Balaban J connectivity index is 3.66. The topological polar surface area (TPSA) is 0 Å². The minimum absolute atomic E-state index is 1.18. The van der Waals surface area contributed by atoms with E-state index in [-0.39, 0.29) is 0 Å². The van der Waals surface area contributed by atoms with Crippen molar-refractivity contribution in [2.24, 2.45) is 0 Å². The molecule has 1 aromatic rings. The Morgan fingerprint density at radius 3 is 1.00 bits per heavy atom. The van der Waals surface area contributed by atoms with Gasteiger partial charge >= 0.3 is 0 Å². The van der Waals surface area contributed by atoms with Gasteiger partial charge in [0.25, 0.3) is 0 Å². The second kappa shape index (κ2) is 6.47. The van der Waals surface area contributed by atoms with Gasteiger partial charge in [-0.1, -0.05) is 48.3 Å². The third-order valence-corrected chi connectivity index (χ3v) is 4.13. The monoisotopic (exact) mass is 222 g/mol. The van der Waals surface area contributed by atoms with E-state index in [2.05, 4.69) is 46.2 Å². The highest BCUT2D eigenvalue weighted by Gasteiger charge is 2.16. The van der Waals surface area contributed by atoms with Crippen LogP contribution in [0.3, 0.4) is 0 Å². The van der Waals surface area contributed by atoms with Gasteiger partial charge < -0.3 is 0 Å². The van der Waals surface area contributed by atoms with Crippen LogP contribution in [0.15, 0.2) is 0 Å². The van der Waals surface area contributed by atoms with Gasteiger partial charge in [0.2, 0.25) is 0 Å². The van der Waals surface area contributed by atoms with E-state index in [1.807, 2.05) is 0 Å². The van der Waals surface area contributed by atoms with Crippen molar-refractivity contribution >= 4 is 39.2 Å². The number of benzene rings is 1. The molecule has 0 N–H and O–H groups in total. The molecule has 0 aromatic heterocycles. The molecule has 0 fully saturated rings. The van der Waals surface area contributed by atoms with E-state index in [9.17, 15) is 0 Å². The van der Waals surface area contributed by atoms with E-state index in [0.29, 0.717) is 0 Å². The van der Waals surface area contributed by atoms with E-state index in [4.69, 9.17) is 0 Å². The molecule has 0 heterocycles. The fourth-order valence-electron chi connectivity index (χ4n) is 3.42. The van der Waals surface area contributed by atoms with Gasteiger partial charge in [-0.15, -0.1) is 0 Å². The molecule has 0 aliphatic carbocycles. The van der Waals surface area contributed by atoms with Crippen molar-refractivity contribution < 1.29 is 0 Å². The highest BCUT2D eigenvalue weighted by Crippen LogP contribution is 2.28. The summed E-state index contributed by atoms with van der Waals surface area (Å²) in [6, 6.07) is 0. The molecule has 0 aliphatic heterocycles. The van der Waals surface area contributed by atoms with Crippen molar-refractivity contribution in [3.05, 3.63) is 33.4 Å². The fraction of sp³-hybridized carbons (Fsp3) is 0.500. The average Bonchev–Trinajstić information content (AvgIpc) is 2.36. The largest absolute Gasteiger partial charge is 0.107 e. The maximum absolute atomic E-state index is 2.33.